The summed E-state index contributed by atoms with van der Waals surface area (Å²) < 4.78 is 5.73. The van der Waals surface area contributed by atoms with Crippen molar-refractivity contribution in [3.05, 3.63) is 28.8 Å². The highest BCUT2D eigenvalue weighted by atomic mass is 35.5. The van der Waals surface area contributed by atoms with Crippen molar-refractivity contribution in [2.75, 3.05) is 19.7 Å². The van der Waals surface area contributed by atoms with Gasteiger partial charge in [0.1, 0.15) is 12.4 Å². The zero-order valence-electron chi connectivity index (χ0n) is 12.1. The largest absolute Gasteiger partial charge is 0.492 e. The van der Waals surface area contributed by atoms with Crippen molar-refractivity contribution >= 4 is 17.5 Å². The molecule has 2 atom stereocenters. The van der Waals surface area contributed by atoms with Crippen molar-refractivity contribution in [2.24, 2.45) is 11.7 Å². The van der Waals surface area contributed by atoms with Gasteiger partial charge in [0.15, 0.2) is 0 Å². The predicted molar refractivity (Wildman–Crippen MR) is 82.5 cm³/mol. The standard InChI is InChI=1S/C16H21ClN2O2/c17-13-4-5-15-11(8-13)7-12(10-21-15)16(20)19-6-2-1-3-14(19)9-18/h4-5,8,12,14H,1-3,6-7,9-10,18H2. The molecular weight excluding hydrogens is 288 g/mol. The average Bonchev–Trinajstić information content (AvgIpc) is 2.53. The third-order valence-electron chi connectivity index (χ3n) is 4.46. The molecule has 4 nitrogen and oxygen atoms in total. The van der Waals surface area contributed by atoms with Gasteiger partial charge in [0.2, 0.25) is 5.91 Å². The number of benzene rings is 1. The summed E-state index contributed by atoms with van der Waals surface area (Å²) in [5.74, 6) is 0.899. The number of hydrogen-bond acceptors (Lipinski definition) is 3. The third kappa shape index (κ3) is 3.01. The fraction of sp³-hybridized carbons (Fsp3) is 0.562. The number of hydrogen-bond donors (Lipinski definition) is 1. The molecule has 1 fully saturated rings. The van der Waals surface area contributed by atoms with Crippen LogP contribution >= 0.6 is 11.6 Å². The van der Waals surface area contributed by atoms with E-state index in [4.69, 9.17) is 22.1 Å². The second-order valence-corrected chi connectivity index (χ2v) is 6.32. The number of nitrogens with zero attached hydrogens (tertiary/aromatic N) is 1. The normalized spacial score (nSPS) is 25.1. The Labute approximate surface area is 130 Å². The smallest absolute Gasteiger partial charge is 0.229 e. The fourth-order valence-corrected chi connectivity index (χ4v) is 3.49. The van der Waals surface area contributed by atoms with Gasteiger partial charge in [-0.05, 0) is 49.4 Å². The van der Waals surface area contributed by atoms with E-state index in [1.165, 1.54) is 0 Å². The van der Waals surface area contributed by atoms with E-state index >= 15 is 0 Å². The van der Waals surface area contributed by atoms with Gasteiger partial charge in [-0.1, -0.05) is 11.6 Å². The maximum absolute atomic E-state index is 12.8. The predicted octanol–water partition coefficient (Wildman–Crippen LogP) is 2.23. The van der Waals surface area contributed by atoms with Crippen molar-refractivity contribution in [2.45, 2.75) is 31.7 Å². The molecule has 0 saturated carbocycles. The molecule has 2 N–H and O–H groups in total. The van der Waals surface area contributed by atoms with Crippen molar-refractivity contribution in [3.63, 3.8) is 0 Å². The Balaban J connectivity index is 1.74. The minimum atomic E-state index is -0.122. The molecule has 0 aliphatic carbocycles. The molecule has 1 amide bonds. The highest BCUT2D eigenvalue weighted by Crippen LogP contribution is 2.31. The van der Waals surface area contributed by atoms with Gasteiger partial charge in [0, 0.05) is 24.2 Å². The van der Waals surface area contributed by atoms with E-state index in [1.54, 1.807) is 0 Å². The van der Waals surface area contributed by atoms with Gasteiger partial charge in [-0.25, -0.2) is 0 Å². The lowest BCUT2D eigenvalue weighted by Crippen LogP contribution is -2.51. The lowest BCUT2D eigenvalue weighted by atomic mass is 9.93. The van der Waals surface area contributed by atoms with Crippen LogP contribution in [0.2, 0.25) is 5.02 Å². The van der Waals surface area contributed by atoms with Crippen LogP contribution in [-0.2, 0) is 11.2 Å². The van der Waals surface area contributed by atoms with E-state index in [9.17, 15) is 4.79 Å². The summed E-state index contributed by atoms with van der Waals surface area (Å²) >= 11 is 6.03. The number of likely N-dealkylation sites (tertiary alicyclic amines) is 1. The molecule has 2 aliphatic heterocycles. The van der Waals surface area contributed by atoms with Crippen LogP contribution in [0.4, 0.5) is 0 Å². The number of amides is 1. The first-order valence-corrected chi connectivity index (χ1v) is 7.98. The van der Waals surface area contributed by atoms with Gasteiger partial charge in [0.05, 0.1) is 5.92 Å². The van der Waals surface area contributed by atoms with Crippen LogP contribution in [0.1, 0.15) is 24.8 Å². The van der Waals surface area contributed by atoms with Crippen molar-refractivity contribution in [1.82, 2.24) is 4.90 Å². The van der Waals surface area contributed by atoms with Crippen molar-refractivity contribution < 1.29 is 9.53 Å². The van der Waals surface area contributed by atoms with Gasteiger partial charge in [-0.3, -0.25) is 4.79 Å². The lowest BCUT2D eigenvalue weighted by molar-refractivity contribution is -0.140. The molecule has 3 rings (SSSR count). The molecular formula is C16H21ClN2O2. The van der Waals surface area contributed by atoms with Crippen LogP contribution in [0, 0.1) is 5.92 Å². The first kappa shape index (κ1) is 14.7. The highest BCUT2D eigenvalue weighted by molar-refractivity contribution is 6.30. The summed E-state index contributed by atoms with van der Waals surface area (Å²) in [5, 5.41) is 0.684. The highest BCUT2D eigenvalue weighted by Gasteiger charge is 2.33. The van der Waals surface area contributed by atoms with Crippen LogP contribution < -0.4 is 10.5 Å². The number of piperidine rings is 1. The first-order valence-electron chi connectivity index (χ1n) is 7.61. The van der Waals surface area contributed by atoms with Gasteiger partial charge < -0.3 is 15.4 Å². The average molecular weight is 309 g/mol. The third-order valence-corrected chi connectivity index (χ3v) is 4.70. The maximum Gasteiger partial charge on any atom is 0.229 e. The number of carbonyl (C=O) groups excluding carboxylic acids is 1. The molecule has 2 heterocycles. The summed E-state index contributed by atoms with van der Waals surface area (Å²) in [5.41, 5.74) is 6.84. The quantitative estimate of drug-likeness (QED) is 0.911. The van der Waals surface area contributed by atoms with E-state index in [0.29, 0.717) is 24.6 Å². The van der Waals surface area contributed by atoms with E-state index in [2.05, 4.69) is 0 Å². The summed E-state index contributed by atoms with van der Waals surface area (Å²) in [6.07, 6.45) is 3.93. The molecule has 0 spiro atoms. The van der Waals surface area contributed by atoms with E-state index < -0.39 is 0 Å². The van der Waals surface area contributed by atoms with Crippen LogP contribution in [-0.4, -0.2) is 36.5 Å². The van der Waals surface area contributed by atoms with E-state index in [0.717, 1.165) is 37.1 Å². The van der Waals surface area contributed by atoms with Crippen LogP contribution in [0.5, 0.6) is 5.75 Å². The van der Waals surface area contributed by atoms with E-state index in [-0.39, 0.29) is 17.9 Å². The molecule has 2 unspecified atom stereocenters. The van der Waals surface area contributed by atoms with Crippen molar-refractivity contribution in [1.29, 1.82) is 0 Å². The Morgan fingerprint density at radius 3 is 3.10 bits per heavy atom. The Morgan fingerprint density at radius 1 is 1.43 bits per heavy atom. The molecule has 0 aromatic heterocycles. The SMILES string of the molecule is NCC1CCCCN1C(=O)C1COc2ccc(Cl)cc2C1. The Kier molecular flexibility index (Phi) is 4.36. The summed E-state index contributed by atoms with van der Waals surface area (Å²) in [7, 11) is 0. The number of ether oxygens (including phenoxy) is 1. The molecule has 0 bridgehead atoms. The Morgan fingerprint density at radius 2 is 2.29 bits per heavy atom. The van der Waals surface area contributed by atoms with Gasteiger partial charge in [0.25, 0.3) is 0 Å². The molecule has 1 aromatic carbocycles. The zero-order valence-corrected chi connectivity index (χ0v) is 12.8. The van der Waals surface area contributed by atoms with Gasteiger partial charge in [-0.2, -0.15) is 0 Å². The summed E-state index contributed by atoms with van der Waals surface area (Å²) in [4.78, 5) is 14.7. The Hall–Kier alpha value is -1.26. The number of fused-ring (bicyclic) bond motifs is 1. The first-order chi connectivity index (χ1) is 10.2. The maximum atomic E-state index is 12.8. The molecule has 114 valence electrons. The number of rotatable bonds is 2. The van der Waals surface area contributed by atoms with Gasteiger partial charge in [-0.15, -0.1) is 0 Å². The number of nitrogens with two attached hydrogens (primary N) is 1. The van der Waals surface area contributed by atoms with Crippen molar-refractivity contribution in [3.8, 4) is 5.75 Å². The lowest BCUT2D eigenvalue weighted by Gasteiger charge is -2.38. The van der Waals surface area contributed by atoms with E-state index in [1.807, 2.05) is 23.1 Å². The molecule has 1 aromatic rings. The Bertz CT molecular complexity index is 535. The minimum Gasteiger partial charge on any atom is -0.492 e. The number of halogens is 1. The summed E-state index contributed by atoms with van der Waals surface area (Å²) in [6, 6.07) is 5.78. The topological polar surface area (TPSA) is 55.6 Å². The second-order valence-electron chi connectivity index (χ2n) is 5.88. The van der Waals surface area contributed by atoms with Crippen LogP contribution in [0.15, 0.2) is 18.2 Å². The molecule has 0 radical (unpaired) electrons. The summed E-state index contributed by atoms with van der Waals surface area (Å²) in [6.45, 7) is 1.81. The fourth-order valence-electron chi connectivity index (χ4n) is 3.29. The molecule has 5 heteroatoms. The second kappa shape index (κ2) is 6.24. The zero-order chi connectivity index (χ0) is 14.8. The molecule has 2 aliphatic rings. The van der Waals surface area contributed by atoms with Crippen LogP contribution in [0.25, 0.3) is 0 Å². The minimum absolute atomic E-state index is 0.122. The van der Waals surface area contributed by atoms with Crippen LogP contribution in [0.3, 0.4) is 0 Å². The number of carbonyl (C=O) groups is 1. The molecule has 1 saturated heterocycles. The molecule has 21 heavy (non-hydrogen) atoms. The van der Waals surface area contributed by atoms with Gasteiger partial charge >= 0.3 is 0 Å². The monoisotopic (exact) mass is 308 g/mol.